The molecule has 7 nitrogen and oxygen atoms in total. The van der Waals surface area contributed by atoms with E-state index < -0.39 is 18.0 Å². The maximum atomic E-state index is 12.5. The van der Waals surface area contributed by atoms with E-state index in [4.69, 9.17) is 10.00 Å². The fourth-order valence-electron chi connectivity index (χ4n) is 3.18. The molecule has 0 unspecified atom stereocenters. The second-order valence-electron chi connectivity index (χ2n) is 6.75. The van der Waals surface area contributed by atoms with E-state index >= 15 is 0 Å². The van der Waals surface area contributed by atoms with Crippen LogP contribution in [0.2, 0.25) is 0 Å². The summed E-state index contributed by atoms with van der Waals surface area (Å²) in [6.07, 6.45) is 4.32. The molecule has 0 heterocycles. The van der Waals surface area contributed by atoms with Gasteiger partial charge in [-0.05, 0) is 44.0 Å². The Morgan fingerprint density at radius 2 is 1.85 bits per heavy atom. The fourth-order valence-corrected chi connectivity index (χ4v) is 3.18. The van der Waals surface area contributed by atoms with Crippen molar-refractivity contribution in [2.24, 2.45) is 0 Å². The summed E-state index contributed by atoms with van der Waals surface area (Å²) in [6.45, 7) is 1.58. The van der Waals surface area contributed by atoms with Gasteiger partial charge in [-0.25, -0.2) is 4.79 Å². The van der Waals surface area contributed by atoms with Crippen molar-refractivity contribution in [3.8, 4) is 6.07 Å². The van der Waals surface area contributed by atoms with E-state index in [0.29, 0.717) is 5.69 Å². The van der Waals surface area contributed by atoms with Crippen LogP contribution in [0.4, 0.5) is 5.69 Å². The number of likely N-dealkylation sites (N-methyl/N-ethyl adjacent to an activating group) is 1. The topological polar surface area (TPSA) is 99.5 Å². The number of hydrogen-bond donors (Lipinski definition) is 1. The number of ether oxygens (including phenoxy) is 1. The normalized spacial score (nSPS) is 15.3. The predicted molar refractivity (Wildman–Crippen MR) is 99.8 cm³/mol. The molecule has 144 valence electrons. The lowest BCUT2D eigenvalue weighted by Gasteiger charge is -2.32. The van der Waals surface area contributed by atoms with Gasteiger partial charge < -0.3 is 15.0 Å². The first-order valence-corrected chi connectivity index (χ1v) is 9.17. The second kappa shape index (κ2) is 9.72. The number of nitrogens with one attached hydrogen (secondary N) is 1. The van der Waals surface area contributed by atoms with Gasteiger partial charge in [-0.1, -0.05) is 19.3 Å². The highest BCUT2D eigenvalue weighted by atomic mass is 16.5. The van der Waals surface area contributed by atoms with Crippen LogP contribution in [-0.4, -0.2) is 41.9 Å². The van der Waals surface area contributed by atoms with Gasteiger partial charge in [0, 0.05) is 18.8 Å². The molecule has 0 aliphatic heterocycles. The summed E-state index contributed by atoms with van der Waals surface area (Å²) in [7, 11) is 1.77. The quantitative estimate of drug-likeness (QED) is 0.775. The molecule has 1 aliphatic rings. The SMILES string of the molecule is C[C@@H](OC(=O)c1ccc(NC(=O)CC#N)cc1)C(=O)N(C)C1CCCCC1. The summed E-state index contributed by atoms with van der Waals surface area (Å²) in [6, 6.07) is 8.08. The van der Waals surface area contributed by atoms with Crippen LogP contribution in [0.3, 0.4) is 0 Å². The zero-order valence-corrected chi connectivity index (χ0v) is 15.7. The first-order valence-electron chi connectivity index (χ1n) is 9.17. The Morgan fingerprint density at radius 1 is 1.22 bits per heavy atom. The Hall–Kier alpha value is -2.88. The number of carbonyl (C=O) groups excluding carboxylic acids is 3. The van der Waals surface area contributed by atoms with Crippen molar-refractivity contribution in [1.82, 2.24) is 4.90 Å². The minimum absolute atomic E-state index is 0.198. The number of esters is 1. The molecular formula is C20H25N3O4. The van der Waals surface area contributed by atoms with E-state index in [1.165, 1.54) is 18.6 Å². The maximum absolute atomic E-state index is 12.5. The van der Waals surface area contributed by atoms with Crippen LogP contribution in [0.15, 0.2) is 24.3 Å². The molecule has 2 rings (SSSR count). The Kier molecular flexibility index (Phi) is 7.35. The highest BCUT2D eigenvalue weighted by Crippen LogP contribution is 2.22. The minimum atomic E-state index is -0.862. The van der Waals surface area contributed by atoms with E-state index in [2.05, 4.69) is 5.32 Å². The Balaban J connectivity index is 1.90. The number of rotatable bonds is 6. The van der Waals surface area contributed by atoms with Crippen molar-refractivity contribution in [3.63, 3.8) is 0 Å². The molecule has 1 aromatic rings. The van der Waals surface area contributed by atoms with Crippen LogP contribution in [0.5, 0.6) is 0 Å². The zero-order valence-electron chi connectivity index (χ0n) is 15.7. The number of benzene rings is 1. The Labute approximate surface area is 159 Å². The summed E-state index contributed by atoms with van der Waals surface area (Å²) in [5, 5.41) is 11.0. The van der Waals surface area contributed by atoms with Crippen molar-refractivity contribution >= 4 is 23.5 Å². The molecule has 1 aromatic carbocycles. The van der Waals surface area contributed by atoms with Crippen molar-refractivity contribution in [3.05, 3.63) is 29.8 Å². The molecule has 1 fully saturated rings. The summed E-state index contributed by atoms with van der Waals surface area (Å²) >= 11 is 0. The fraction of sp³-hybridized carbons (Fsp3) is 0.500. The molecule has 0 spiro atoms. The minimum Gasteiger partial charge on any atom is -0.449 e. The van der Waals surface area contributed by atoms with Gasteiger partial charge in [0.1, 0.15) is 6.42 Å². The van der Waals surface area contributed by atoms with Crippen LogP contribution >= 0.6 is 0 Å². The van der Waals surface area contributed by atoms with Gasteiger partial charge in [0.2, 0.25) is 5.91 Å². The molecule has 2 amide bonds. The predicted octanol–water partition coefficient (Wildman–Crippen LogP) is 2.88. The van der Waals surface area contributed by atoms with Gasteiger partial charge in [0.25, 0.3) is 5.91 Å². The molecule has 0 bridgehead atoms. The second-order valence-corrected chi connectivity index (χ2v) is 6.75. The van der Waals surface area contributed by atoms with Crippen LogP contribution in [0.25, 0.3) is 0 Å². The molecule has 27 heavy (non-hydrogen) atoms. The molecule has 1 saturated carbocycles. The largest absolute Gasteiger partial charge is 0.449 e. The lowest BCUT2D eigenvalue weighted by Crippen LogP contribution is -2.44. The van der Waals surface area contributed by atoms with Gasteiger partial charge in [0.05, 0.1) is 11.6 Å². The summed E-state index contributed by atoms with van der Waals surface area (Å²) in [4.78, 5) is 37.9. The molecule has 1 atom stereocenters. The van der Waals surface area contributed by atoms with Crippen molar-refractivity contribution in [1.29, 1.82) is 5.26 Å². The number of amides is 2. The van der Waals surface area contributed by atoms with Crippen LogP contribution in [0.1, 0.15) is 55.8 Å². The average molecular weight is 371 g/mol. The smallest absolute Gasteiger partial charge is 0.338 e. The van der Waals surface area contributed by atoms with Crippen molar-refractivity contribution in [2.45, 2.75) is 57.6 Å². The van der Waals surface area contributed by atoms with Gasteiger partial charge in [-0.3, -0.25) is 9.59 Å². The lowest BCUT2D eigenvalue weighted by atomic mass is 9.94. The van der Waals surface area contributed by atoms with Crippen molar-refractivity contribution in [2.75, 3.05) is 12.4 Å². The van der Waals surface area contributed by atoms with Crippen LogP contribution in [-0.2, 0) is 14.3 Å². The third kappa shape index (κ3) is 5.81. The lowest BCUT2D eigenvalue weighted by molar-refractivity contribution is -0.141. The van der Waals surface area contributed by atoms with E-state index in [1.54, 1.807) is 37.1 Å². The maximum Gasteiger partial charge on any atom is 0.338 e. The zero-order chi connectivity index (χ0) is 19.8. The standard InChI is InChI=1S/C20H25N3O4/c1-14(19(25)23(2)17-6-4-3-5-7-17)27-20(26)15-8-10-16(11-9-15)22-18(24)12-13-21/h8-11,14,17H,3-7,12H2,1-2H3,(H,22,24)/t14-/m1/s1. The number of nitrogens with zero attached hydrogens (tertiary/aromatic N) is 2. The monoisotopic (exact) mass is 371 g/mol. The molecule has 0 saturated heterocycles. The van der Waals surface area contributed by atoms with E-state index in [-0.39, 0.29) is 23.9 Å². The van der Waals surface area contributed by atoms with Gasteiger partial charge in [0.15, 0.2) is 6.10 Å². The molecule has 1 N–H and O–H groups in total. The van der Waals surface area contributed by atoms with Crippen LogP contribution < -0.4 is 5.32 Å². The first-order chi connectivity index (χ1) is 12.9. The molecule has 7 heteroatoms. The molecule has 1 aliphatic carbocycles. The number of anilines is 1. The van der Waals surface area contributed by atoms with Gasteiger partial charge in [-0.15, -0.1) is 0 Å². The Bertz CT molecular complexity index is 718. The third-order valence-electron chi connectivity index (χ3n) is 4.75. The average Bonchev–Trinajstić information content (AvgIpc) is 2.68. The van der Waals surface area contributed by atoms with E-state index in [1.807, 2.05) is 0 Å². The molecule has 0 radical (unpaired) electrons. The summed E-state index contributed by atoms with van der Waals surface area (Å²) < 4.78 is 5.31. The Morgan fingerprint density at radius 3 is 2.44 bits per heavy atom. The summed E-state index contributed by atoms with van der Waals surface area (Å²) in [5.41, 5.74) is 0.765. The highest BCUT2D eigenvalue weighted by Gasteiger charge is 2.27. The number of carbonyl (C=O) groups is 3. The first kappa shape index (κ1) is 20.4. The van der Waals surface area contributed by atoms with Crippen molar-refractivity contribution < 1.29 is 19.1 Å². The highest BCUT2D eigenvalue weighted by molar-refractivity contribution is 5.94. The van der Waals surface area contributed by atoms with Gasteiger partial charge in [-0.2, -0.15) is 5.26 Å². The van der Waals surface area contributed by atoms with Gasteiger partial charge >= 0.3 is 5.97 Å². The molecular weight excluding hydrogens is 346 g/mol. The molecule has 0 aromatic heterocycles. The number of hydrogen-bond acceptors (Lipinski definition) is 5. The summed E-state index contributed by atoms with van der Waals surface area (Å²) in [5.74, 6) is -1.21. The number of nitriles is 1. The van der Waals surface area contributed by atoms with E-state index in [9.17, 15) is 14.4 Å². The van der Waals surface area contributed by atoms with E-state index in [0.717, 1.165) is 25.7 Å². The third-order valence-corrected chi connectivity index (χ3v) is 4.75. The van der Waals surface area contributed by atoms with Crippen LogP contribution in [0, 0.1) is 11.3 Å².